The molecule has 0 saturated carbocycles. The van der Waals surface area contributed by atoms with Crippen LogP contribution in [0.1, 0.15) is 5.56 Å². The highest BCUT2D eigenvalue weighted by Gasteiger charge is 2.11. The van der Waals surface area contributed by atoms with Gasteiger partial charge in [0, 0.05) is 5.56 Å². The van der Waals surface area contributed by atoms with Gasteiger partial charge in [-0.25, -0.2) is 4.39 Å². The highest BCUT2D eigenvalue weighted by molar-refractivity contribution is 6.58. The Kier molecular flexibility index (Phi) is 4.42. The molecule has 0 fully saturated rings. The van der Waals surface area contributed by atoms with Crippen molar-refractivity contribution in [1.29, 1.82) is 0 Å². The molecule has 3 nitrogen and oxygen atoms in total. The van der Waals surface area contributed by atoms with Crippen LogP contribution in [0.25, 0.3) is 0 Å². The largest absolute Gasteiger partial charge is 0.489 e. The van der Waals surface area contributed by atoms with Gasteiger partial charge in [-0.3, -0.25) is 0 Å². The highest BCUT2D eigenvalue weighted by Crippen LogP contribution is 2.21. The van der Waals surface area contributed by atoms with Gasteiger partial charge in [0.1, 0.15) is 18.2 Å². The standard InChI is InChI=1S/C13H11BClFO3/c15-13-9(3-1-6-12(13)16)8-19-11-5-2-4-10(7-11)14(17)18/h1-7,17-18H,8H2. The van der Waals surface area contributed by atoms with Crippen LogP contribution in [-0.4, -0.2) is 17.2 Å². The summed E-state index contributed by atoms with van der Waals surface area (Å²) in [6, 6.07) is 10.8. The van der Waals surface area contributed by atoms with Crippen molar-refractivity contribution in [3.05, 3.63) is 58.9 Å². The Balaban J connectivity index is 2.10. The maximum atomic E-state index is 13.2. The Morgan fingerprint density at radius 1 is 1.16 bits per heavy atom. The molecule has 19 heavy (non-hydrogen) atoms. The molecule has 0 radical (unpaired) electrons. The number of hydrogen-bond acceptors (Lipinski definition) is 3. The number of benzene rings is 2. The lowest BCUT2D eigenvalue weighted by Crippen LogP contribution is -2.29. The van der Waals surface area contributed by atoms with Gasteiger partial charge in [0.25, 0.3) is 0 Å². The van der Waals surface area contributed by atoms with Crippen LogP contribution in [0.4, 0.5) is 4.39 Å². The van der Waals surface area contributed by atoms with Crippen LogP contribution in [0.2, 0.25) is 5.02 Å². The summed E-state index contributed by atoms with van der Waals surface area (Å²) in [6.45, 7) is 0.0988. The first-order valence-corrected chi connectivity index (χ1v) is 5.97. The summed E-state index contributed by atoms with van der Waals surface area (Å²) in [7, 11) is -1.55. The summed E-state index contributed by atoms with van der Waals surface area (Å²) in [5.41, 5.74) is 0.847. The Bertz CT molecular complexity index is 578. The van der Waals surface area contributed by atoms with Gasteiger partial charge in [-0.1, -0.05) is 35.9 Å². The third kappa shape index (κ3) is 3.47. The zero-order chi connectivity index (χ0) is 13.8. The van der Waals surface area contributed by atoms with Gasteiger partial charge >= 0.3 is 7.12 Å². The van der Waals surface area contributed by atoms with Crippen LogP contribution >= 0.6 is 11.6 Å². The number of halogens is 2. The summed E-state index contributed by atoms with van der Waals surface area (Å²) in [4.78, 5) is 0. The van der Waals surface area contributed by atoms with E-state index in [0.29, 0.717) is 16.8 Å². The minimum absolute atomic E-state index is 0.0286. The summed E-state index contributed by atoms with van der Waals surface area (Å²) in [6.07, 6.45) is 0. The summed E-state index contributed by atoms with van der Waals surface area (Å²) in [5.74, 6) is -0.0479. The van der Waals surface area contributed by atoms with Crippen molar-refractivity contribution >= 4 is 24.2 Å². The van der Waals surface area contributed by atoms with Crippen LogP contribution < -0.4 is 10.2 Å². The zero-order valence-electron chi connectivity index (χ0n) is 9.88. The van der Waals surface area contributed by atoms with Crippen molar-refractivity contribution in [3.63, 3.8) is 0 Å². The Hall–Kier alpha value is -1.56. The fraction of sp³-hybridized carbons (Fsp3) is 0.0769. The van der Waals surface area contributed by atoms with E-state index in [4.69, 9.17) is 26.4 Å². The van der Waals surface area contributed by atoms with Crippen molar-refractivity contribution < 1.29 is 19.2 Å². The molecule has 2 aromatic rings. The van der Waals surface area contributed by atoms with E-state index >= 15 is 0 Å². The molecule has 0 heterocycles. The molecule has 6 heteroatoms. The van der Waals surface area contributed by atoms with E-state index in [-0.39, 0.29) is 11.6 Å². The molecule has 0 spiro atoms. The summed E-state index contributed by atoms with van der Waals surface area (Å²) < 4.78 is 18.7. The third-order valence-electron chi connectivity index (χ3n) is 2.58. The molecule has 98 valence electrons. The molecule has 0 aromatic heterocycles. The minimum Gasteiger partial charge on any atom is -0.489 e. The molecule has 0 bridgehead atoms. The van der Waals surface area contributed by atoms with Gasteiger partial charge in [0.15, 0.2) is 0 Å². The van der Waals surface area contributed by atoms with Crippen molar-refractivity contribution in [2.75, 3.05) is 0 Å². The third-order valence-corrected chi connectivity index (χ3v) is 3.01. The summed E-state index contributed by atoms with van der Waals surface area (Å²) >= 11 is 5.81. The van der Waals surface area contributed by atoms with Crippen LogP contribution in [0.3, 0.4) is 0 Å². The van der Waals surface area contributed by atoms with Crippen LogP contribution in [-0.2, 0) is 6.61 Å². The molecule has 0 amide bonds. The molecule has 0 saturated heterocycles. The van der Waals surface area contributed by atoms with E-state index in [1.807, 2.05) is 0 Å². The first-order chi connectivity index (χ1) is 9.08. The molecule has 2 rings (SSSR count). The second kappa shape index (κ2) is 6.06. The van der Waals surface area contributed by atoms with E-state index in [1.165, 1.54) is 12.1 Å². The van der Waals surface area contributed by atoms with E-state index in [1.54, 1.807) is 30.3 Å². The van der Waals surface area contributed by atoms with E-state index in [0.717, 1.165) is 0 Å². The average Bonchev–Trinajstić information content (AvgIpc) is 2.41. The molecule has 2 N–H and O–H groups in total. The Morgan fingerprint density at radius 2 is 1.89 bits per heavy atom. The lowest BCUT2D eigenvalue weighted by Gasteiger charge is -2.09. The van der Waals surface area contributed by atoms with Gasteiger partial charge in [0.05, 0.1) is 5.02 Å². The second-order valence-electron chi connectivity index (χ2n) is 3.95. The zero-order valence-corrected chi connectivity index (χ0v) is 10.6. The van der Waals surface area contributed by atoms with Crippen LogP contribution in [0.5, 0.6) is 5.75 Å². The van der Waals surface area contributed by atoms with Crippen molar-refractivity contribution in [3.8, 4) is 5.75 Å². The van der Waals surface area contributed by atoms with Crippen molar-refractivity contribution in [2.45, 2.75) is 6.61 Å². The molecule has 0 aliphatic carbocycles. The van der Waals surface area contributed by atoms with Crippen molar-refractivity contribution in [1.82, 2.24) is 0 Å². The number of rotatable bonds is 4. The second-order valence-corrected chi connectivity index (χ2v) is 4.33. The normalized spacial score (nSPS) is 10.3. The van der Waals surface area contributed by atoms with E-state index < -0.39 is 12.9 Å². The van der Waals surface area contributed by atoms with Crippen LogP contribution in [0.15, 0.2) is 42.5 Å². The predicted octanol–water partition coefficient (Wildman–Crippen LogP) is 1.74. The van der Waals surface area contributed by atoms with E-state index in [9.17, 15) is 4.39 Å². The maximum Gasteiger partial charge on any atom is 0.488 e. The first-order valence-electron chi connectivity index (χ1n) is 5.59. The summed E-state index contributed by atoms with van der Waals surface area (Å²) in [5, 5.41) is 18.1. The molecule has 2 aromatic carbocycles. The fourth-order valence-corrected chi connectivity index (χ4v) is 1.77. The van der Waals surface area contributed by atoms with E-state index in [2.05, 4.69) is 0 Å². The lowest BCUT2D eigenvalue weighted by molar-refractivity contribution is 0.305. The molecule has 0 aliphatic rings. The lowest BCUT2D eigenvalue weighted by atomic mass is 9.80. The van der Waals surface area contributed by atoms with Gasteiger partial charge in [-0.05, 0) is 23.7 Å². The molecule has 0 atom stereocenters. The number of ether oxygens (including phenoxy) is 1. The average molecular weight is 280 g/mol. The minimum atomic E-state index is -1.55. The van der Waals surface area contributed by atoms with Gasteiger partial charge in [0.2, 0.25) is 0 Å². The Labute approximate surface area is 115 Å². The number of hydrogen-bond donors (Lipinski definition) is 2. The first kappa shape index (κ1) is 13.9. The predicted molar refractivity (Wildman–Crippen MR) is 72.0 cm³/mol. The topological polar surface area (TPSA) is 49.7 Å². The molecular formula is C13H11BClFO3. The molecular weight excluding hydrogens is 269 g/mol. The SMILES string of the molecule is OB(O)c1cccc(OCc2cccc(F)c2Cl)c1. The molecule has 0 unspecified atom stereocenters. The fourth-order valence-electron chi connectivity index (χ4n) is 1.59. The van der Waals surface area contributed by atoms with Gasteiger partial charge in [-0.15, -0.1) is 0 Å². The maximum absolute atomic E-state index is 13.2. The Morgan fingerprint density at radius 3 is 2.63 bits per heavy atom. The van der Waals surface area contributed by atoms with Gasteiger partial charge in [-0.2, -0.15) is 0 Å². The van der Waals surface area contributed by atoms with Crippen molar-refractivity contribution in [2.24, 2.45) is 0 Å². The smallest absolute Gasteiger partial charge is 0.488 e. The molecule has 0 aliphatic heterocycles. The quantitative estimate of drug-likeness (QED) is 0.839. The van der Waals surface area contributed by atoms with Gasteiger partial charge < -0.3 is 14.8 Å². The highest BCUT2D eigenvalue weighted by atomic mass is 35.5. The van der Waals surface area contributed by atoms with Crippen LogP contribution in [0, 0.1) is 5.82 Å². The monoisotopic (exact) mass is 280 g/mol.